The summed E-state index contributed by atoms with van der Waals surface area (Å²) in [7, 11) is 0. The number of amides is 1. The lowest BCUT2D eigenvalue weighted by Gasteiger charge is -2.48. The molecular weight excluding hydrogens is 296 g/mol. The lowest BCUT2D eigenvalue weighted by Crippen LogP contribution is -3.14. The maximum atomic E-state index is 12.5. The molecule has 0 aromatic rings. The van der Waals surface area contributed by atoms with E-state index in [2.05, 4.69) is 5.32 Å². The van der Waals surface area contributed by atoms with Gasteiger partial charge in [-0.1, -0.05) is 0 Å². The van der Waals surface area contributed by atoms with Gasteiger partial charge in [-0.15, -0.1) is 0 Å². The minimum atomic E-state index is -1.03. The van der Waals surface area contributed by atoms with Crippen LogP contribution in [0.4, 0.5) is 0 Å². The molecule has 0 unspecified atom stereocenters. The Labute approximate surface area is 137 Å². The molecule has 0 aromatic heterocycles. The predicted molar refractivity (Wildman–Crippen MR) is 81.4 cm³/mol. The summed E-state index contributed by atoms with van der Waals surface area (Å²) >= 11 is 0. The summed E-state index contributed by atoms with van der Waals surface area (Å²) < 4.78 is 5.33. The molecule has 130 valence electrons. The Morgan fingerprint density at radius 2 is 1.65 bits per heavy atom. The summed E-state index contributed by atoms with van der Waals surface area (Å²) in [6.07, 6.45) is 4.79. The monoisotopic (exact) mass is 324 g/mol. The van der Waals surface area contributed by atoms with Gasteiger partial charge in [0.05, 0.1) is 19.8 Å². The molecule has 6 nitrogen and oxygen atoms in total. The summed E-state index contributed by atoms with van der Waals surface area (Å²) in [4.78, 5) is 25.5. The molecule has 2 bridgehead atoms. The molecule has 1 saturated heterocycles. The van der Waals surface area contributed by atoms with E-state index >= 15 is 0 Å². The second kappa shape index (κ2) is 7.62. The third-order valence-electron chi connectivity index (χ3n) is 6.00. The van der Waals surface area contributed by atoms with Crippen molar-refractivity contribution in [1.82, 2.24) is 5.32 Å². The number of aliphatic carboxylic acids is 1. The molecule has 1 aliphatic heterocycles. The van der Waals surface area contributed by atoms with Crippen LogP contribution in [-0.2, 0) is 14.3 Å². The number of hydrogen-bond acceptors (Lipinski definition) is 4. The normalized spacial score (nSPS) is 34.3. The first-order valence-corrected chi connectivity index (χ1v) is 9.06. The molecule has 0 aromatic carbocycles. The molecule has 1 heterocycles. The first kappa shape index (κ1) is 16.7. The van der Waals surface area contributed by atoms with Crippen molar-refractivity contribution in [1.29, 1.82) is 0 Å². The SMILES string of the molecule is O=C(NCCC[NH+]1CCOCC1)[C@@H]1C2CCC(CC2)[C@@H]1C(=O)[O-]. The fourth-order valence-corrected chi connectivity index (χ4v) is 4.74. The van der Waals surface area contributed by atoms with Gasteiger partial charge in [0, 0.05) is 30.8 Å². The molecule has 0 radical (unpaired) electrons. The van der Waals surface area contributed by atoms with Crippen LogP contribution in [0.1, 0.15) is 32.1 Å². The molecule has 1 amide bonds. The van der Waals surface area contributed by atoms with E-state index in [1.54, 1.807) is 0 Å². The van der Waals surface area contributed by atoms with Crippen molar-refractivity contribution in [3.8, 4) is 0 Å². The molecule has 2 N–H and O–H groups in total. The van der Waals surface area contributed by atoms with Gasteiger partial charge in [0.25, 0.3) is 0 Å². The molecule has 23 heavy (non-hydrogen) atoms. The number of carboxylic acid groups (broad SMARTS) is 1. The molecule has 4 fully saturated rings. The number of morpholine rings is 1. The predicted octanol–water partition coefficient (Wildman–Crippen LogP) is -1.79. The van der Waals surface area contributed by atoms with Crippen molar-refractivity contribution in [2.24, 2.45) is 23.7 Å². The van der Waals surface area contributed by atoms with Gasteiger partial charge in [-0.3, -0.25) is 4.79 Å². The largest absolute Gasteiger partial charge is 0.550 e. The highest BCUT2D eigenvalue weighted by Crippen LogP contribution is 2.48. The van der Waals surface area contributed by atoms with Crippen LogP contribution in [0, 0.1) is 23.7 Å². The third-order valence-corrected chi connectivity index (χ3v) is 6.00. The van der Waals surface area contributed by atoms with Crippen LogP contribution in [0.3, 0.4) is 0 Å². The molecule has 6 heteroatoms. The van der Waals surface area contributed by atoms with Crippen LogP contribution < -0.4 is 15.3 Å². The highest BCUT2D eigenvalue weighted by Gasteiger charge is 2.47. The van der Waals surface area contributed by atoms with E-state index in [1.165, 1.54) is 4.90 Å². The van der Waals surface area contributed by atoms with Crippen molar-refractivity contribution in [3.05, 3.63) is 0 Å². The van der Waals surface area contributed by atoms with Crippen molar-refractivity contribution in [3.63, 3.8) is 0 Å². The van der Waals surface area contributed by atoms with Crippen LogP contribution in [0.2, 0.25) is 0 Å². The molecule has 4 aliphatic rings. The molecular formula is C17H28N2O4. The summed E-state index contributed by atoms with van der Waals surface area (Å²) in [6.45, 7) is 5.38. The lowest BCUT2D eigenvalue weighted by molar-refractivity contribution is -0.908. The second-order valence-electron chi connectivity index (χ2n) is 7.30. The third kappa shape index (κ3) is 3.86. The van der Waals surface area contributed by atoms with Gasteiger partial charge >= 0.3 is 0 Å². The van der Waals surface area contributed by atoms with Crippen LogP contribution in [0.5, 0.6) is 0 Å². The van der Waals surface area contributed by atoms with Crippen LogP contribution >= 0.6 is 0 Å². The quantitative estimate of drug-likeness (QED) is 0.566. The first-order chi connectivity index (χ1) is 11.2. The average Bonchev–Trinajstić information content (AvgIpc) is 2.59. The Kier molecular flexibility index (Phi) is 5.54. The fraction of sp³-hybridized carbons (Fsp3) is 0.882. The van der Waals surface area contributed by atoms with Gasteiger partial charge in [0.15, 0.2) is 0 Å². The highest BCUT2D eigenvalue weighted by molar-refractivity contribution is 5.85. The van der Waals surface area contributed by atoms with Gasteiger partial charge in [-0.2, -0.15) is 0 Å². The Morgan fingerprint density at radius 3 is 2.26 bits per heavy atom. The Morgan fingerprint density at radius 1 is 1.04 bits per heavy atom. The first-order valence-electron chi connectivity index (χ1n) is 9.06. The number of carbonyl (C=O) groups is 2. The molecule has 3 saturated carbocycles. The fourth-order valence-electron chi connectivity index (χ4n) is 4.74. The number of hydrogen-bond donors (Lipinski definition) is 2. The molecule has 4 rings (SSSR count). The number of nitrogens with one attached hydrogen (secondary N) is 2. The number of rotatable bonds is 6. The van der Waals surface area contributed by atoms with Crippen molar-refractivity contribution in [2.45, 2.75) is 32.1 Å². The minimum absolute atomic E-state index is 0.0643. The molecule has 2 atom stereocenters. The zero-order valence-electron chi connectivity index (χ0n) is 13.7. The molecule has 0 spiro atoms. The van der Waals surface area contributed by atoms with E-state index in [-0.39, 0.29) is 23.7 Å². The maximum Gasteiger partial charge on any atom is 0.224 e. The van der Waals surface area contributed by atoms with Gasteiger partial charge in [0.1, 0.15) is 13.1 Å². The van der Waals surface area contributed by atoms with Crippen LogP contribution in [0.15, 0.2) is 0 Å². The number of fused-ring (bicyclic) bond motifs is 3. The van der Waals surface area contributed by atoms with E-state index in [4.69, 9.17) is 4.74 Å². The smallest absolute Gasteiger partial charge is 0.224 e. The topological polar surface area (TPSA) is 82.9 Å². The van der Waals surface area contributed by atoms with Crippen LogP contribution in [-0.4, -0.2) is 51.3 Å². The Hall–Kier alpha value is -1.14. The number of carbonyl (C=O) groups excluding carboxylic acids is 2. The zero-order valence-corrected chi connectivity index (χ0v) is 13.7. The highest BCUT2D eigenvalue weighted by atomic mass is 16.5. The summed E-state index contributed by atoms with van der Waals surface area (Å²) in [6, 6.07) is 0. The summed E-state index contributed by atoms with van der Waals surface area (Å²) in [5, 5.41) is 14.5. The Balaban J connectivity index is 1.46. The number of ether oxygens (including phenoxy) is 1. The minimum Gasteiger partial charge on any atom is -0.550 e. The standard InChI is InChI=1S/C17H28N2O4/c20-16(18-6-1-7-19-8-10-23-11-9-19)14-12-2-4-13(5-3-12)15(14)17(21)22/h12-15H,1-11H2,(H,18,20)(H,21,22)/t12?,13?,14-,15+/m1/s1. The van der Waals surface area contributed by atoms with Gasteiger partial charge in [0.2, 0.25) is 5.91 Å². The number of quaternary nitrogens is 1. The Bertz CT molecular complexity index is 428. The van der Waals surface area contributed by atoms with Gasteiger partial charge in [-0.25, -0.2) is 0 Å². The summed E-state index contributed by atoms with van der Waals surface area (Å²) in [5.41, 5.74) is 0. The average molecular weight is 324 g/mol. The zero-order chi connectivity index (χ0) is 16.2. The van der Waals surface area contributed by atoms with E-state index in [1.807, 2.05) is 0 Å². The van der Waals surface area contributed by atoms with E-state index in [0.717, 1.165) is 65.0 Å². The van der Waals surface area contributed by atoms with Gasteiger partial charge in [-0.05, 0) is 37.5 Å². The van der Waals surface area contributed by atoms with E-state index in [9.17, 15) is 14.7 Å². The maximum absolute atomic E-state index is 12.5. The van der Waals surface area contributed by atoms with Crippen molar-refractivity contribution < 1.29 is 24.3 Å². The second-order valence-corrected chi connectivity index (χ2v) is 7.30. The van der Waals surface area contributed by atoms with Gasteiger partial charge < -0.3 is 24.9 Å². The van der Waals surface area contributed by atoms with E-state index in [0.29, 0.717) is 6.54 Å². The molecule has 3 aliphatic carbocycles. The van der Waals surface area contributed by atoms with E-state index < -0.39 is 11.9 Å². The summed E-state index contributed by atoms with van der Waals surface area (Å²) in [5.74, 6) is -1.68. The lowest BCUT2D eigenvalue weighted by atomic mass is 9.58. The van der Waals surface area contributed by atoms with Crippen molar-refractivity contribution >= 4 is 11.9 Å². The number of carboxylic acids is 1. The van der Waals surface area contributed by atoms with Crippen molar-refractivity contribution in [2.75, 3.05) is 39.4 Å². The van der Waals surface area contributed by atoms with Crippen LogP contribution in [0.25, 0.3) is 0 Å².